The number of aryl methyl sites for hydroxylation is 2. The molecule has 0 radical (unpaired) electrons. The van der Waals surface area contributed by atoms with Crippen molar-refractivity contribution in [3.63, 3.8) is 0 Å². The Hall–Kier alpha value is -1.69. The highest BCUT2D eigenvalue weighted by atomic mass is 16.2. The summed E-state index contributed by atoms with van der Waals surface area (Å²) in [4.78, 5) is 30.6. The molecular formula is C19H32N4O2. The Bertz CT molecular complexity index is 690. The van der Waals surface area contributed by atoms with Crippen LogP contribution in [0.15, 0.2) is 10.9 Å². The van der Waals surface area contributed by atoms with E-state index in [0.29, 0.717) is 18.7 Å². The zero-order valence-electron chi connectivity index (χ0n) is 16.6. The highest BCUT2D eigenvalue weighted by molar-refractivity contribution is 5.76. The van der Waals surface area contributed by atoms with Crippen molar-refractivity contribution in [2.45, 2.75) is 84.5 Å². The van der Waals surface area contributed by atoms with Crippen molar-refractivity contribution in [3.05, 3.63) is 27.9 Å². The van der Waals surface area contributed by atoms with Gasteiger partial charge in [-0.05, 0) is 60.5 Å². The predicted molar refractivity (Wildman–Crippen MR) is 99.7 cm³/mol. The molecule has 0 spiro atoms. The summed E-state index contributed by atoms with van der Waals surface area (Å²) in [6, 6.07) is 2.07. The molecule has 0 bridgehead atoms. The smallest absolute Gasteiger partial charge is 0.343 e. The summed E-state index contributed by atoms with van der Waals surface area (Å²) in [5.41, 5.74) is 1.26. The number of nitrogens with zero attached hydrogens (tertiary/aromatic N) is 3. The van der Waals surface area contributed by atoms with Crippen molar-refractivity contribution in [2.24, 2.45) is 0 Å². The number of aromatic nitrogens is 2. The Morgan fingerprint density at radius 1 is 1.28 bits per heavy atom. The van der Waals surface area contributed by atoms with Crippen molar-refractivity contribution >= 4 is 5.91 Å². The molecule has 0 aliphatic carbocycles. The fourth-order valence-electron chi connectivity index (χ4n) is 4.18. The van der Waals surface area contributed by atoms with Gasteiger partial charge in [0.1, 0.15) is 0 Å². The summed E-state index contributed by atoms with van der Waals surface area (Å²) in [6.45, 7) is 12.8. The summed E-state index contributed by atoms with van der Waals surface area (Å²) >= 11 is 0. The number of carbonyl (C=O) groups excluding carboxylic acids is 1. The Balaban J connectivity index is 2.05. The first-order valence-corrected chi connectivity index (χ1v) is 9.00. The Morgan fingerprint density at radius 3 is 2.36 bits per heavy atom. The molecular weight excluding hydrogens is 316 g/mol. The van der Waals surface area contributed by atoms with Crippen LogP contribution in [0.2, 0.25) is 0 Å². The average Bonchev–Trinajstić information content (AvgIpc) is 2.41. The Labute approximate surface area is 150 Å². The summed E-state index contributed by atoms with van der Waals surface area (Å²) in [7, 11) is 1.88. The van der Waals surface area contributed by atoms with Crippen LogP contribution in [0, 0.1) is 13.8 Å². The fraction of sp³-hybridized carbons (Fsp3) is 0.737. The van der Waals surface area contributed by atoms with Gasteiger partial charge in [0, 0.05) is 48.5 Å². The third kappa shape index (κ3) is 4.91. The van der Waals surface area contributed by atoms with E-state index in [1.54, 1.807) is 11.5 Å². The molecule has 1 amide bonds. The topological polar surface area (TPSA) is 67.2 Å². The van der Waals surface area contributed by atoms with Gasteiger partial charge in [-0.1, -0.05) is 0 Å². The van der Waals surface area contributed by atoms with Gasteiger partial charge in [-0.15, -0.1) is 0 Å². The predicted octanol–water partition coefficient (Wildman–Crippen LogP) is 2.02. The van der Waals surface area contributed by atoms with E-state index in [9.17, 15) is 9.59 Å². The number of hydrogen-bond acceptors (Lipinski definition) is 4. The third-order valence-electron chi connectivity index (χ3n) is 5.01. The van der Waals surface area contributed by atoms with E-state index in [1.165, 1.54) is 0 Å². The molecule has 140 valence electrons. The highest BCUT2D eigenvalue weighted by Gasteiger charge is 2.40. The molecule has 6 heteroatoms. The van der Waals surface area contributed by atoms with Gasteiger partial charge in [0.15, 0.2) is 0 Å². The van der Waals surface area contributed by atoms with E-state index in [0.717, 1.165) is 18.5 Å². The summed E-state index contributed by atoms with van der Waals surface area (Å²) in [6.07, 6.45) is 2.15. The van der Waals surface area contributed by atoms with Crippen LogP contribution in [0.1, 0.15) is 58.3 Å². The zero-order valence-corrected chi connectivity index (χ0v) is 16.6. The number of carbonyl (C=O) groups is 1. The van der Waals surface area contributed by atoms with E-state index in [-0.39, 0.29) is 28.7 Å². The van der Waals surface area contributed by atoms with Crippen LogP contribution in [-0.4, -0.2) is 44.5 Å². The molecule has 1 aliphatic heterocycles. The second-order valence-corrected chi connectivity index (χ2v) is 8.68. The van der Waals surface area contributed by atoms with Gasteiger partial charge in [0.2, 0.25) is 5.91 Å². The molecule has 2 heterocycles. The molecule has 1 saturated heterocycles. The Morgan fingerprint density at radius 2 is 1.84 bits per heavy atom. The van der Waals surface area contributed by atoms with Gasteiger partial charge in [-0.25, -0.2) is 4.79 Å². The van der Waals surface area contributed by atoms with Crippen LogP contribution in [0.4, 0.5) is 0 Å². The zero-order chi connectivity index (χ0) is 19.0. The normalized spacial score (nSPS) is 19.6. The summed E-state index contributed by atoms with van der Waals surface area (Å²) in [5, 5.41) is 3.64. The van der Waals surface area contributed by atoms with Gasteiger partial charge < -0.3 is 10.2 Å². The van der Waals surface area contributed by atoms with Crippen LogP contribution in [0.5, 0.6) is 0 Å². The molecule has 0 saturated carbocycles. The lowest BCUT2D eigenvalue weighted by Crippen LogP contribution is -2.62. The van der Waals surface area contributed by atoms with Crippen molar-refractivity contribution in [1.82, 2.24) is 19.8 Å². The molecule has 1 aliphatic rings. The molecule has 1 aromatic rings. The van der Waals surface area contributed by atoms with Gasteiger partial charge in [-0.3, -0.25) is 9.36 Å². The van der Waals surface area contributed by atoms with Crippen molar-refractivity contribution in [1.29, 1.82) is 0 Å². The van der Waals surface area contributed by atoms with Crippen molar-refractivity contribution < 1.29 is 4.79 Å². The summed E-state index contributed by atoms with van der Waals surface area (Å²) < 4.78 is 1.58. The quantitative estimate of drug-likeness (QED) is 0.904. The maximum Gasteiger partial charge on any atom is 0.347 e. The summed E-state index contributed by atoms with van der Waals surface area (Å²) in [5.74, 6) is 0.0744. The molecule has 0 unspecified atom stereocenters. The Kier molecular flexibility index (Phi) is 5.42. The number of piperidine rings is 1. The minimum atomic E-state index is -0.280. The van der Waals surface area contributed by atoms with Crippen molar-refractivity contribution in [3.8, 4) is 0 Å². The van der Waals surface area contributed by atoms with Gasteiger partial charge >= 0.3 is 5.69 Å². The standard InChI is InChI=1S/C19H32N4O2/c1-13-10-14(2)23(17(25)20-13)9-8-16(24)22(7)15-11-18(3,4)21-19(5,6)12-15/h10,15,21H,8-9,11-12H2,1-7H3. The maximum atomic E-state index is 12.7. The number of nitrogens with one attached hydrogen (secondary N) is 1. The minimum Gasteiger partial charge on any atom is -0.343 e. The number of hydrogen-bond donors (Lipinski definition) is 1. The number of amides is 1. The average molecular weight is 348 g/mol. The first kappa shape index (κ1) is 19.6. The molecule has 1 fully saturated rings. The molecule has 0 aromatic carbocycles. The van der Waals surface area contributed by atoms with E-state index < -0.39 is 0 Å². The van der Waals surface area contributed by atoms with Crippen LogP contribution in [0.3, 0.4) is 0 Å². The lowest BCUT2D eigenvalue weighted by molar-refractivity contribution is -0.133. The fourth-order valence-corrected chi connectivity index (χ4v) is 4.18. The van der Waals surface area contributed by atoms with Crippen LogP contribution in [-0.2, 0) is 11.3 Å². The van der Waals surface area contributed by atoms with Gasteiger partial charge in [0.25, 0.3) is 0 Å². The molecule has 0 atom stereocenters. The lowest BCUT2D eigenvalue weighted by Gasteiger charge is -2.49. The first-order valence-electron chi connectivity index (χ1n) is 9.00. The van der Waals surface area contributed by atoms with Gasteiger partial charge in [0.05, 0.1) is 0 Å². The molecule has 1 aromatic heterocycles. The SMILES string of the molecule is Cc1cc(C)n(CCC(=O)N(C)C2CC(C)(C)NC(C)(C)C2)c(=O)n1. The second kappa shape index (κ2) is 6.90. The van der Waals surface area contributed by atoms with E-state index in [4.69, 9.17) is 0 Å². The van der Waals surface area contributed by atoms with E-state index >= 15 is 0 Å². The molecule has 6 nitrogen and oxygen atoms in total. The van der Waals surface area contributed by atoms with Crippen molar-refractivity contribution in [2.75, 3.05) is 7.05 Å². The first-order chi connectivity index (χ1) is 11.4. The highest BCUT2D eigenvalue weighted by Crippen LogP contribution is 2.31. The molecule has 2 rings (SSSR count). The van der Waals surface area contributed by atoms with E-state index in [1.807, 2.05) is 24.9 Å². The van der Waals surface area contributed by atoms with Gasteiger partial charge in [-0.2, -0.15) is 4.98 Å². The second-order valence-electron chi connectivity index (χ2n) is 8.68. The monoisotopic (exact) mass is 348 g/mol. The largest absolute Gasteiger partial charge is 0.347 e. The number of rotatable bonds is 4. The van der Waals surface area contributed by atoms with Crippen LogP contribution in [0.25, 0.3) is 0 Å². The third-order valence-corrected chi connectivity index (χ3v) is 5.01. The minimum absolute atomic E-state index is 0.00460. The lowest BCUT2D eigenvalue weighted by atomic mass is 9.79. The van der Waals surface area contributed by atoms with Crippen LogP contribution >= 0.6 is 0 Å². The van der Waals surface area contributed by atoms with Crippen LogP contribution < -0.4 is 11.0 Å². The molecule has 25 heavy (non-hydrogen) atoms. The maximum absolute atomic E-state index is 12.7. The van der Waals surface area contributed by atoms with E-state index in [2.05, 4.69) is 38.0 Å². The molecule has 1 N–H and O–H groups in total.